The van der Waals surface area contributed by atoms with Crippen LogP contribution in [0.5, 0.6) is 5.75 Å². The number of nitrogens with zero attached hydrogens (tertiary/aromatic N) is 1. The molecule has 2 aromatic rings. The van der Waals surface area contributed by atoms with Crippen LogP contribution < -0.4 is 10.1 Å². The molecule has 2 aromatic carbocycles. The fourth-order valence-electron chi connectivity index (χ4n) is 2.82. The van der Waals surface area contributed by atoms with E-state index in [2.05, 4.69) is 5.32 Å². The Hall–Kier alpha value is -2.09. The molecule has 0 aromatic heterocycles. The van der Waals surface area contributed by atoms with Gasteiger partial charge in [0, 0.05) is 24.5 Å². The molecule has 0 spiro atoms. The molecule has 2 rings (SSSR count). The standard InChI is InChI=1S/C20H25ClN2O4S/c1-4-23(5-2)28(25,26)17-10-11-19(27-3)18(14-17)22-20(24)12-9-15-7-6-8-16(21)13-15/h6-8,10-11,13-14H,4-5,9,12H2,1-3H3,(H,22,24). The van der Waals surface area contributed by atoms with Crippen molar-refractivity contribution in [1.29, 1.82) is 0 Å². The Morgan fingerprint density at radius 3 is 2.46 bits per heavy atom. The summed E-state index contributed by atoms with van der Waals surface area (Å²) in [6.07, 6.45) is 0.753. The monoisotopic (exact) mass is 424 g/mol. The number of methoxy groups -OCH3 is 1. The van der Waals surface area contributed by atoms with Crippen LogP contribution in [0.15, 0.2) is 47.4 Å². The van der Waals surface area contributed by atoms with Gasteiger partial charge in [0.05, 0.1) is 17.7 Å². The minimum atomic E-state index is -3.63. The first kappa shape index (κ1) is 22.2. The second-order valence-corrected chi connectivity index (χ2v) is 8.50. The topological polar surface area (TPSA) is 75.7 Å². The largest absolute Gasteiger partial charge is 0.495 e. The number of benzene rings is 2. The number of hydrogen-bond acceptors (Lipinski definition) is 4. The lowest BCUT2D eigenvalue weighted by molar-refractivity contribution is -0.116. The van der Waals surface area contributed by atoms with Crippen molar-refractivity contribution in [2.24, 2.45) is 0 Å². The van der Waals surface area contributed by atoms with Gasteiger partial charge in [0.15, 0.2) is 0 Å². The average Bonchev–Trinajstić information content (AvgIpc) is 2.67. The number of hydrogen-bond donors (Lipinski definition) is 1. The number of carbonyl (C=O) groups is 1. The third-order valence-electron chi connectivity index (χ3n) is 4.32. The van der Waals surface area contributed by atoms with Crippen molar-refractivity contribution >= 4 is 33.2 Å². The SMILES string of the molecule is CCN(CC)S(=O)(=O)c1ccc(OC)c(NC(=O)CCc2cccc(Cl)c2)c1. The second-order valence-electron chi connectivity index (χ2n) is 6.13. The number of sulfonamides is 1. The number of ether oxygens (including phenoxy) is 1. The average molecular weight is 425 g/mol. The summed E-state index contributed by atoms with van der Waals surface area (Å²) in [7, 11) is -2.16. The third kappa shape index (κ3) is 5.47. The molecule has 1 N–H and O–H groups in total. The van der Waals surface area contributed by atoms with Crippen molar-refractivity contribution in [2.75, 3.05) is 25.5 Å². The van der Waals surface area contributed by atoms with E-state index in [1.165, 1.54) is 23.5 Å². The van der Waals surface area contributed by atoms with Gasteiger partial charge in [0.25, 0.3) is 0 Å². The lowest BCUT2D eigenvalue weighted by Gasteiger charge is -2.19. The number of carbonyl (C=O) groups excluding carboxylic acids is 1. The number of rotatable bonds is 9. The molecule has 0 radical (unpaired) electrons. The predicted molar refractivity (Wildman–Crippen MR) is 112 cm³/mol. The zero-order valence-corrected chi connectivity index (χ0v) is 17.8. The Kier molecular flexibility index (Phi) is 7.86. The number of anilines is 1. The second kappa shape index (κ2) is 9.91. The molecule has 28 heavy (non-hydrogen) atoms. The van der Waals surface area contributed by atoms with Gasteiger partial charge in [-0.1, -0.05) is 37.6 Å². The lowest BCUT2D eigenvalue weighted by atomic mass is 10.1. The van der Waals surface area contributed by atoms with Crippen LogP contribution in [0.1, 0.15) is 25.8 Å². The van der Waals surface area contributed by atoms with E-state index < -0.39 is 10.0 Å². The fourth-order valence-corrected chi connectivity index (χ4v) is 4.52. The van der Waals surface area contributed by atoms with Crippen LogP contribution in [0.3, 0.4) is 0 Å². The van der Waals surface area contributed by atoms with Crippen LogP contribution in [0, 0.1) is 0 Å². The van der Waals surface area contributed by atoms with E-state index in [0.717, 1.165) is 5.56 Å². The smallest absolute Gasteiger partial charge is 0.243 e. The third-order valence-corrected chi connectivity index (χ3v) is 6.60. The summed E-state index contributed by atoms with van der Waals surface area (Å²) in [5.41, 5.74) is 1.28. The molecule has 1 amide bonds. The molecule has 0 bridgehead atoms. The zero-order valence-electron chi connectivity index (χ0n) is 16.2. The molecule has 0 saturated carbocycles. The molecule has 6 nitrogen and oxygen atoms in total. The maximum atomic E-state index is 12.7. The van der Waals surface area contributed by atoms with Gasteiger partial charge in [-0.25, -0.2) is 8.42 Å². The van der Waals surface area contributed by atoms with E-state index >= 15 is 0 Å². The van der Waals surface area contributed by atoms with E-state index in [1.807, 2.05) is 18.2 Å². The van der Waals surface area contributed by atoms with Gasteiger partial charge in [0.1, 0.15) is 5.75 Å². The molecule has 0 saturated heterocycles. The molecule has 152 valence electrons. The first-order valence-electron chi connectivity index (χ1n) is 9.04. The van der Waals surface area contributed by atoms with Crippen LogP contribution in [0.25, 0.3) is 0 Å². The first-order valence-corrected chi connectivity index (χ1v) is 10.9. The van der Waals surface area contributed by atoms with Gasteiger partial charge in [-0.3, -0.25) is 4.79 Å². The zero-order chi connectivity index (χ0) is 20.7. The quantitative estimate of drug-likeness (QED) is 0.661. The highest BCUT2D eigenvalue weighted by atomic mass is 35.5. The van der Waals surface area contributed by atoms with Crippen molar-refractivity contribution in [2.45, 2.75) is 31.6 Å². The Morgan fingerprint density at radius 2 is 1.86 bits per heavy atom. The van der Waals surface area contributed by atoms with Gasteiger partial charge in [-0.15, -0.1) is 0 Å². The molecule has 0 heterocycles. The number of halogens is 1. The van der Waals surface area contributed by atoms with Crippen molar-refractivity contribution < 1.29 is 17.9 Å². The van der Waals surface area contributed by atoms with Crippen molar-refractivity contribution in [1.82, 2.24) is 4.31 Å². The molecule has 0 fully saturated rings. The summed E-state index contributed by atoms with van der Waals surface area (Å²) in [4.78, 5) is 12.5. The van der Waals surface area contributed by atoms with E-state index in [1.54, 1.807) is 26.0 Å². The molecule has 0 aliphatic rings. The van der Waals surface area contributed by atoms with Crippen molar-refractivity contribution in [3.8, 4) is 5.75 Å². The van der Waals surface area contributed by atoms with Gasteiger partial charge in [-0.05, 0) is 42.3 Å². The molecular weight excluding hydrogens is 400 g/mol. The van der Waals surface area contributed by atoms with Gasteiger partial charge >= 0.3 is 0 Å². The van der Waals surface area contributed by atoms with E-state index in [4.69, 9.17) is 16.3 Å². The Bertz CT molecular complexity index is 928. The summed E-state index contributed by atoms with van der Waals surface area (Å²) < 4.78 is 32.1. The summed E-state index contributed by atoms with van der Waals surface area (Å²) >= 11 is 5.96. The van der Waals surface area contributed by atoms with E-state index in [-0.39, 0.29) is 17.2 Å². The van der Waals surface area contributed by atoms with Gasteiger partial charge in [-0.2, -0.15) is 4.31 Å². The van der Waals surface area contributed by atoms with E-state index in [9.17, 15) is 13.2 Å². The Balaban J connectivity index is 2.18. The summed E-state index contributed by atoms with van der Waals surface area (Å²) in [5, 5.41) is 3.37. The van der Waals surface area contributed by atoms with E-state index in [0.29, 0.717) is 36.0 Å². The normalized spacial score (nSPS) is 11.5. The van der Waals surface area contributed by atoms with Gasteiger partial charge < -0.3 is 10.1 Å². The highest BCUT2D eigenvalue weighted by molar-refractivity contribution is 7.89. The number of aryl methyl sites for hydroxylation is 1. The van der Waals surface area contributed by atoms with Gasteiger partial charge in [0.2, 0.25) is 15.9 Å². The molecular formula is C20H25ClN2O4S. The lowest BCUT2D eigenvalue weighted by Crippen LogP contribution is -2.30. The molecule has 0 unspecified atom stereocenters. The Morgan fingerprint density at radius 1 is 1.14 bits per heavy atom. The summed E-state index contributed by atoms with van der Waals surface area (Å²) in [5.74, 6) is 0.158. The van der Waals surface area contributed by atoms with Crippen LogP contribution >= 0.6 is 11.6 Å². The minimum Gasteiger partial charge on any atom is -0.495 e. The summed E-state index contributed by atoms with van der Waals surface area (Å²) in [6, 6.07) is 11.8. The minimum absolute atomic E-state index is 0.113. The maximum Gasteiger partial charge on any atom is 0.243 e. The molecule has 0 aliphatic heterocycles. The number of nitrogens with one attached hydrogen (secondary N) is 1. The first-order chi connectivity index (χ1) is 13.3. The molecule has 8 heteroatoms. The number of amides is 1. The molecule has 0 aliphatic carbocycles. The predicted octanol–water partition coefficient (Wildman–Crippen LogP) is 3.95. The van der Waals surface area contributed by atoms with Crippen LogP contribution in [-0.4, -0.2) is 38.8 Å². The van der Waals surface area contributed by atoms with Crippen molar-refractivity contribution in [3.63, 3.8) is 0 Å². The van der Waals surface area contributed by atoms with Crippen LogP contribution in [-0.2, 0) is 21.2 Å². The van der Waals surface area contributed by atoms with Crippen LogP contribution in [0.4, 0.5) is 5.69 Å². The highest BCUT2D eigenvalue weighted by Gasteiger charge is 2.23. The van der Waals surface area contributed by atoms with Crippen molar-refractivity contribution in [3.05, 3.63) is 53.1 Å². The Labute approximate surface area is 171 Å². The summed E-state index contributed by atoms with van der Waals surface area (Å²) in [6.45, 7) is 4.30. The molecule has 0 atom stereocenters. The fraction of sp³-hybridized carbons (Fsp3) is 0.350. The highest BCUT2D eigenvalue weighted by Crippen LogP contribution is 2.29. The van der Waals surface area contributed by atoms with Crippen LogP contribution in [0.2, 0.25) is 5.02 Å². The maximum absolute atomic E-state index is 12.7.